The highest BCUT2D eigenvalue weighted by Crippen LogP contribution is 2.31. The van der Waals surface area contributed by atoms with Gasteiger partial charge in [0, 0.05) is 18.4 Å². The van der Waals surface area contributed by atoms with Gasteiger partial charge in [0.25, 0.3) is 11.8 Å². The molecule has 3 rings (SSSR count). The maximum absolute atomic E-state index is 12.9. The molecule has 0 saturated carbocycles. The van der Waals surface area contributed by atoms with Gasteiger partial charge < -0.3 is 15.4 Å². The molecule has 0 spiro atoms. The van der Waals surface area contributed by atoms with Crippen LogP contribution in [0.5, 0.6) is 0 Å². The largest absolute Gasteiger partial charge is 0.416 e. The molecule has 0 unspecified atom stereocenters. The van der Waals surface area contributed by atoms with Gasteiger partial charge in [-0.1, -0.05) is 30.3 Å². The van der Waals surface area contributed by atoms with Gasteiger partial charge in [0.15, 0.2) is 0 Å². The number of amides is 2. The highest BCUT2D eigenvalue weighted by molar-refractivity contribution is 6.12. The Bertz CT molecular complexity index is 1100. The quantitative estimate of drug-likeness (QED) is 0.556. The normalized spacial score (nSPS) is 11.1. The molecule has 0 saturated heterocycles. The van der Waals surface area contributed by atoms with Crippen LogP contribution in [0, 0.1) is 0 Å². The number of para-hydroxylation sites is 1. The molecule has 0 aliphatic heterocycles. The van der Waals surface area contributed by atoms with Crippen molar-refractivity contribution in [2.45, 2.75) is 12.8 Å². The molecule has 0 radical (unpaired) electrons. The molecule has 0 fully saturated rings. The van der Waals surface area contributed by atoms with E-state index < -0.39 is 23.6 Å². The summed E-state index contributed by atoms with van der Waals surface area (Å²) in [4.78, 5) is 25.3. The lowest BCUT2D eigenvalue weighted by Crippen LogP contribution is -2.18. The highest BCUT2D eigenvalue weighted by atomic mass is 19.4. The van der Waals surface area contributed by atoms with Crippen molar-refractivity contribution in [2.24, 2.45) is 0 Å². The van der Waals surface area contributed by atoms with Gasteiger partial charge in [0.2, 0.25) is 0 Å². The summed E-state index contributed by atoms with van der Waals surface area (Å²) >= 11 is 0. The number of benzene rings is 3. The minimum absolute atomic E-state index is 0.00628. The number of hydrogen-bond donors (Lipinski definition) is 2. The van der Waals surface area contributed by atoms with Crippen molar-refractivity contribution in [1.82, 2.24) is 0 Å². The number of carbonyl (C=O) groups is 2. The molecule has 3 aromatic rings. The topological polar surface area (TPSA) is 67.4 Å². The van der Waals surface area contributed by atoms with Crippen LogP contribution in [0.2, 0.25) is 0 Å². The molecule has 2 N–H and O–H groups in total. The first-order valence-corrected chi connectivity index (χ1v) is 9.25. The van der Waals surface area contributed by atoms with E-state index in [0.717, 1.165) is 17.7 Å². The average molecular weight is 428 g/mol. The summed E-state index contributed by atoms with van der Waals surface area (Å²) in [6.07, 6.45) is -4.52. The molecule has 0 aliphatic carbocycles. The molecule has 5 nitrogen and oxygen atoms in total. The molecule has 8 heteroatoms. The van der Waals surface area contributed by atoms with Gasteiger partial charge in [-0.2, -0.15) is 13.2 Å². The third-order valence-corrected chi connectivity index (χ3v) is 4.37. The van der Waals surface area contributed by atoms with Crippen LogP contribution >= 0.6 is 0 Å². The smallest absolute Gasteiger partial charge is 0.380 e. The van der Waals surface area contributed by atoms with Gasteiger partial charge in [-0.25, -0.2) is 0 Å². The van der Waals surface area contributed by atoms with Gasteiger partial charge in [0.1, 0.15) is 0 Å². The van der Waals surface area contributed by atoms with Crippen molar-refractivity contribution >= 4 is 23.2 Å². The zero-order valence-electron chi connectivity index (χ0n) is 16.5. The lowest BCUT2D eigenvalue weighted by atomic mass is 10.1. The number of anilines is 2. The SMILES string of the molecule is COCc1cccc(C(=O)Nc2ccccc2C(=O)Nc2cccc(C(F)(F)F)c2)c1. The molecule has 0 heterocycles. The standard InChI is InChI=1S/C23H19F3N2O3/c1-31-14-15-6-4-7-16(12-15)21(29)28-20-11-3-2-10-19(20)22(30)27-18-9-5-8-17(13-18)23(24,25)26/h2-13H,14H2,1H3,(H,27,30)(H,28,29). The van der Waals surface area contributed by atoms with Gasteiger partial charge in [0.05, 0.1) is 23.4 Å². The van der Waals surface area contributed by atoms with E-state index in [1.165, 1.54) is 24.3 Å². The number of halogens is 3. The lowest BCUT2D eigenvalue weighted by Gasteiger charge is -2.13. The Labute approximate surface area is 176 Å². The van der Waals surface area contributed by atoms with E-state index in [9.17, 15) is 22.8 Å². The van der Waals surface area contributed by atoms with Crippen LogP contribution in [0.15, 0.2) is 72.8 Å². The van der Waals surface area contributed by atoms with Crippen LogP contribution in [-0.2, 0) is 17.5 Å². The third kappa shape index (κ3) is 5.70. The summed E-state index contributed by atoms with van der Waals surface area (Å²) < 4.78 is 43.8. The highest BCUT2D eigenvalue weighted by Gasteiger charge is 2.30. The van der Waals surface area contributed by atoms with Crippen LogP contribution in [0.1, 0.15) is 31.8 Å². The van der Waals surface area contributed by atoms with Crippen LogP contribution in [0.25, 0.3) is 0 Å². The van der Waals surface area contributed by atoms with Crippen molar-refractivity contribution in [2.75, 3.05) is 17.7 Å². The Balaban J connectivity index is 1.79. The minimum Gasteiger partial charge on any atom is -0.380 e. The molecule has 0 atom stereocenters. The van der Waals surface area contributed by atoms with Crippen molar-refractivity contribution in [3.63, 3.8) is 0 Å². The summed E-state index contributed by atoms with van der Waals surface area (Å²) in [5, 5.41) is 5.12. The van der Waals surface area contributed by atoms with E-state index in [-0.39, 0.29) is 16.9 Å². The maximum atomic E-state index is 12.9. The lowest BCUT2D eigenvalue weighted by molar-refractivity contribution is -0.137. The Hall–Kier alpha value is -3.65. The number of hydrogen-bond acceptors (Lipinski definition) is 3. The van der Waals surface area contributed by atoms with Gasteiger partial charge in [-0.05, 0) is 48.0 Å². The number of carbonyl (C=O) groups excluding carboxylic acids is 2. The van der Waals surface area contributed by atoms with Crippen LogP contribution < -0.4 is 10.6 Å². The fraction of sp³-hybridized carbons (Fsp3) is 0.130. The molecule has 160 valence electrons. The Morgan fingerprint density at radius 1 is 0.871 bits per heavy atom. The van der Waals surface area contributed by atoms with Crippen LogP contribution in [0.3, 0.4) is 0 Å². The van der Waals surface area contributed by atoms with Crippen molar-refractivity contribution < 1.29 is 27.5 Å². The van der Waals surface area contributed by atoms with E-state index in [4.69, 9.17) is 4.74 Å². The fourth-order valence-corrected chi connectivity index (χ4v) is 2.93. The molecule has 31 heavy (non-hydrogen) atoms. The Morgan fingerprint density at radius 2 is 1.61 bits per heavy atom. The first-order valence-electron chi connectivity index (χ1n) is 9.25. The van der Waals surface area contributed by atoms with E-state index in [2.05, 4.69) is 10.6 Å². The number of ether oxygens (including phenoxy) is 1. The zero-order valence-corrected chi connectivity index (χ0v) is 16.5. The summed E-state index contributed by atoms with van der Waals surface area (Å²) in [5.74, 6) is -1.08. The summed E-state index contributed by atoms with van der Waals surface area (Å²) in [6.45, 7) is 0.344. The maximum Gasteiger partial charge on any atom is 0.416 e. The van der Waals surface area contributed by atoms with Crippen molar-refractivity contribution in [3.05, 3.63) is 95.1 Å². The molecular weight excluding hydrogens is 409 g/mol. The third-order valence-electron chi connectivity index (χ3n) is 4.37. The van der Waals surface area contributed by atoms with Crippen LogP contribution in [0.4, 0.5) is 24.5 Å². The molecule has 0 bridgehead atoms. The summed E-state index contributed by atoms with van der Waals surface area (Å²) in [7, 11) is 1.55. The second-order valence-corrected chi connectivity index (χ2v) is 6.67. The molecular formula is C23H19F3N2O3. The van der Waals surface area contributed by atoms with Crippen LogP contribution in [-0.4, -0.2) is 18.9 Å². The molecule has 0 aliphatic rings. The summed E-state index contributed by atoms with van der Waals surface area (Å²) in [6, 6.07) is 17.4. The number of methoxy groups -OCH3 is 1. The summed E-state index contributed by atoms with van der Waals surface area (Å²) in [5.41, 5.74) is 0.653. The molecule has 2 amide bonds. The zero-order chi connectivity index (χ0) is 22.4. The minimum atomic E-state index is -4.52. The van der Waals surface area contributed by atoms with Gasteiger partial charge in [-0.3, -0.25) is 9.59 Å². The number of rotatable bonds is 6. The van der Waals surface area contributed by atoms with Gasteiger partial charge in [-0.15, -0.1) is 0 Å². The Morgan fingerprint density at radius 3 is 2.35 bits per heavy atom. The first-order chi connectivity index (χ1) is 14.8. The van der Waals surface area contributed by atoms with E-state index >= 15 is 0 Å². The predicted octanol–water partition coefficient (Wildman–Crippen LogP) is 5.36. The van der Waals surface area contributed by atoms with E-state index in [1.807, 2.05) is 6.07 Å². The molecule has 0 aromatic heterocycles. The number of nitrogens with one attached hydrogen (secondary N) is 2. The fourth-order valence-electron chi connectivity index (χ4n) is 2.93. The van der Waals surface area contributed by atoms with E-state index in [0.29, 0.717) is 12.2 Å². The Kier molecular flexibility index (Phi) is 6.71. The second-order valence-electron chi connectivity index (χ2n) is 6.67. The van der Waals surface area contributed by atoms with Gasteiger partial charge >= 0.3 is 6.18 Å². The average Bonchev–Trinajstić information content (AvgIpc) is 2.74. The first kappa shape index (κ1) is 22.0. The van der Waals surface area contributed by atoms with E-state index in [1.54, 1.807) is 37.4 Å². The monoisotopic (exact) mass is 428 g/mol. The predicted molar refractivity (Wildman–Crippen MR) is 111 cm³/mol. The second kappa shape index (κ2) is 9.44. The van der Waals surface area contributed by atoms with Crippen molar-refractivity contribution in [1.29, 1.82) is 0 Å². The van der Waals surface area contributed by atoms with Crippen molar-refractivity contribution in [3.8, 4) is 0 Å². The molecule has 3 aromatic carbocycles. The number of alkyl halides is 3.